The third kappa shape index (κ3) is 5.33. The number of pyridine rings is 1. The maximum absolute atomic E-state index is 12.9. The quantitative estimate of drug-likeness (QED) is 0.247. The molecule has 0 aromatic carbocycles. The first kappa shape index (κ1) is 24.8. The summed E-state index contributed by atoms with van der Waals surface area (Å²) < 4.78 is 0. The van der Waals surface area contributed by atoms with Gasteiger partial charge in [-0.2, -0.15) is 0 Å². The van der Waals surface area contributed by atoms with Crippen LogP contribution in [-0.2, 0) is 19.2 Å². The van der Waals surface area contributed by atoms with E-state index in [9.17, 15) is 19.5 Å². The highest BCUT2D eigenvalue weighted by Gasteiger charge is 2.54. The maximum atomic E-state index is 12.9. The van der Waals surface area contributed by atoms with Crippen molar-refractivity contribution in [1.82, 2.24) is 20.2 Å². The summed E-state index contributed by atoms with van der Waals surface area (Å²) in [6.07, 6.45) is 5.16. The van der Waals surface area contributed by atoms with E-state index >= 15 is 0 Å². The lowest BCUT2D eigenvalue weighted by Crippen LogP contribution is -2.71. The number of thioether (sulfide) groups is 2. The molecule has 0 radical (unpaired) electrons. The summed E-state index contributed by atoms with van der Waals surface area (Å²) in [7, 11) is 0. The number of carboxylic acid groups (broad SMARTS) is 1. The second-order valence-electron chi connectivity index (χ2n) is 7.07. The van der Waals surface area contributed by atoms with E-state index in [0.29, 0.717) is 10.7 Å². The summed E-state index contributed by atoms with van der Waals surface area (Å²) in [4.78, 5) is 52.7. The van der Waals surface area contributed by atoms with Gasteiger partial charge in [0.2, 0.25) is 0 Å². The first-order valence-corrected chi connectivity index (χ1v) is 13.1. The minimum Gasteiger partial charge on any atom is -0.477 e. The largest absolute Gasteiger partial charge is 0.477 e. The number of carbonyl (C=O) groups is 3. The van der Waals surface area contributed by atoms with Crippen molar-refractivity contribution in [2.24, 2.45) is 5.16 Å². The average Bonchev–Trinajstić information content (AvgIpc) is 3.28. The monoisotopic (exact) mass is 532 g/mol. The van der Waals surface area contributed by atoms with Crippen molar-refractivity contribution in [3.8, 4) is 0 Å². The number of β-lactam (4-membered cyclic amide) rings is 1. The molecule has 4 heterocycles. The highest BCUT2D eigenvalue weighted by atomic mass is 32.2. The van der Waals surface area contributed by atoms with Crippen LogP contribution in [-0.4, -0.2) is 67.2 Å². The van der Waals surface area contributed by atoms with Crippen molar-refractivity contribution in [3.05, 3.63) is 57.2 Å². The number of oxime groups is 1. The van der Waals surface area contributed by atoms with Gasteiger partial charge in [-0.05, 0) is 30.0 Å². The van der Waals surface area contributed by atoms with Crippen LogP contribution in [0.1, 0.15) is 18.2 Å². The van der Waals surface area contributed by atoms with Gasteiger partial charge < -0.3 is 21.0 Å². The molecule has 0 bridgehead atoms. The van der Waals surface area contributed by atoms with Crippen LogP contribution >= 0.6 is 34.9 Å². The van der Waals surface area contributed by atoms with E-state index in [-0.39, 0.29) is 28.8 Å². The van der Waals surface area contributed by atoms with Crippen molar-refractivity contribution in [1.29, 1.82) is 0 Å². The Morgan fingerprint density at radius 1 is 1.49 bits per heavy atom. The fraction of sp³-hybridized carbons (Fsp3) is 0.238. The Kier molecular flexibility index (Phi) is 7.73. The molecule has 1 fully saturated rings. The van der Waals surface area contributed by atoms with E-state index in [1.807, 2.05) is 12.1 Å². The predicted octanol–water partition coefficient (Wildman–Crippen LogP) is 1.96. The van der Waals surface area contributed by atoms with Crippen LogP contribution in [0.4, 0.5) is 5.13 Å². The molecule has 2 aliphatic rings. The number of aromatic nitrogens is 2. The van der Waals surface area contributed by atoms with Crippen LogP contribution in [0.15, 0.2) is 51.1 Å². The number of nitrogen functional groups attached to an aromatic ring is 1. The first-order chi connectivity index (χ1) is 16.9. The number of amides is 2. The van der Waals surface area contributed by atoms with Gasteiger partial charge in [-0.3, -0.25) is 19.5 Å². The fourth-order valence-electron chi connectivity index (χ4n) is 3.29. The van der Waals surface area contributed by atoms with Crippen molar-refractivity contribution >= 4 is 69.6 Å². The minimum atomic E-state index is -1.21. The number of nitrogens with two attached hydrogens (primary N) is 1. The number of fused-ring (bicyclic) bond motifs is 1. The number of carboxylic acids is 1. The molecule has 2 amide bonds. The van der Waals surface area contributed by atoms with Gasteiger partial charge in [0.15, 0.2) is 10.8 Å². The van der Waals surface area contributed by atoms with E-state index in [1.165, 1.54) is 28.4 Å². The third-order valence-corrected chi connectivity index (χ3v) is 7.87. The number of nitrogens with zero attached hydrogens (tertiary/aromatic N) is 4. The molecule has 2 aromatic rings. The molecule has 2 atom stereocenters. The van der Waals surface area contributed by atoms with Gasteiger partial charge in [0, 0.05) is 28.4 Å². The zero-order valence-electron chi connectivity index (χ0n) is 18.3. The standard InChI is InChI=1S/C21H20N6O5S3/c1-2-32-26-14(12-9-35-21(22)24-12)17(28)25-15-18(29)27-16(20(30)31)13(10-34-19(15)27)33-7-5-11-4-3-6-23-8-11/h3-9,15,19H,2,10H2,1H3,(H2,22,24)(H,25,28)(H,30,31)/b7-5-,26-14+/t15?,19-/m1/s1. The molecular formula is C21H20N6O5S3. The highest BCUT2D eigenvalue weighted by Crippen LogP contribution is 2.43. The molecule has 0 aliphatic carbocycles. The smallest absolute Gasteiger partial charge is 0.353 e. The Bertz CT molecular complexity index is 1230. The highest BCUT2D eigenvalue weighted by molar-refractivity contribution is 8.08. The molecule has 1 unspecified atom stereocenters. The fourth-order valence-corrected chi connectivity index (χ4v) is 6.20. The topological polar surface area (TPSA) is 160 Å². The molecular weight excluding hydrogens is 512 g/mol. The zero-order chi connectivity index (χ0) is 24.9. The Labute approximate surface area is 212 Å². The van der Waals surface area contributed by atoms with E-state index < -0.39 is 29.2 Å². The summed E-state index contributed by atoms with van der Waals surface area (Å²) >= 11 is 3.74. The van der Waals surface area contributed by atoms with Gasteiger partial charge in [0.1, 0.15) is 29.4 Å². The summed E-state index contributed by atoms with van der Waals surface area (Å²) in [6, 6.07) is 2.76. The summed E-state index contributed by atoms with van der Waals surface area (Å²) in [6.45, 7) is 1.94. The maximum Gasteiger partial charge on any atom is 0.353 e. The average molecular weight is 533 g/mol. The van der Waals surface area contributed by atoms with Crippen molar-refractivity contribution in [2.45, 2.75) is 18.3 Å². The molecule has 35 heavy (non-hydrogen) atoms. The second kappa shape index (κ2) is 10.9. The van der Waals surface area contributed by atoms with Crippen LogP contribution < -0.4 is 11.1 Å². The van der Waals surface area contributed by atoms with Crippen LogP contribution in [0, 0.1) is 0 Å². The molecule has 2 aromatic heterocycles. The number of anilines is 1. The molecule has 0 spiro atoms. The number of hydrogen-bond acceptors (Lipinski definition) is 11. The SMILES string of the molecule is CCO/N=C(/C(=O)NC1C(=O)N2C(C(=O)O)=C(S/C=C\c3cccnc3)CS[C@H]12)c1csc(N)n1. The molecule has 4 rings (SSSR count). The number of carbonyl (C=O) groups excluding carboxylic acids is 2. The van der Waals surface area contributed by atoms with Crippen molar-refractivity contribution in [2.75, 3.05) is 18.1 Å². The lowest BCUT2D eigenvalue weighted by atomic mass is 10.0. The van der Waals surface area contributed by atoms with Crippen molar-refractivity contribution < 1.29 is 24.3 Å². The lowest BCUT2D eigenvalue weighted by molar-refractivity contribution is -0.150. The van der Waals surface area contributed by atoms with Crippen molar-refractivity contribution in [3.63, 3.8) is 0 Å². The van der Waals surface area contributed by atoms with E-state index in [0.717, 1.165) is 16.9 Å². The van der Waals surface area contributed by atoms with E-state index in [2.05, 4.69) is 20.4 Å². The van der Waals surface area contributed by atoms with E-state index in [4.69, 9.17) is 10.6 Å². The molecule has 14 heteroatoms. The minimum absolute atomic E-state index is 0.0828. The Morgan fingerprint density at radius 2 is 2.31 bits per heavy atom. The van der Waals surface area contributed by atoms with Gasteiger partial charge >= 0.3 is 5.97 Å². The number of hydrogen-bond donors (Lipinski definition) is 3. The Balaban J connectivity index is 1.49. The molecule has 2 aliphatic heterocycles. The van der Waals surface area contributed by atoms with Crippen LogP contribution in [0.3, 0.4) is 0 Å². The third-order valence-electron chi connectivity index (χ3n) is 4.84. The summed E-state index contributed by atoms with van der Waals surface area (Å²) in [5.74, 6) is -2.02. The van der Waals surface area contributed by atoms with Crippen LogP contribution in [0.2, 0.25) is 0 Å². The van der Waals surface area contributed by atoms with Gasteiger partial charge in [-0.25, -0.2) is 9.78 Å². The first-order valence-electron chi connectivity index (χ1n) is 10.3. The van der Waals surface area contributed by atoms with Gasteiger partial charge in [0.25, 0.3) is 11.8 Å². The molecule has 4 N–H and O–H groups in total. The summed E-state index contributed by atoms with van der Waals surface area (Å²) in [5.41, 5.74) is 6.56. The van der Waals surface area contributed by atoms with Gasteiger partial charge in [-0.1, -0.05) is 23.0 Å². The van der Waals surface area contributed by atoms with Crippen LogP contribution in [0.5, 0.6) is 0 Å². The zero-order valence-corrected chi connectivity index (χ0v) is 20.7. The van der Waals surface area contributed by atoms with Gasteiger partial charge in [-0.15, -0.1) is 23.1 Å². The molecule has 11 nitrogen and oxygen atoms in total. The number of aliphatic carboxylic acids is 1. The van der Waals surface area contributed by atoms with Crippen LogP contribution in [0.25, 0.3) is 6.08 Å². The Hall–Kier alpha value is -3.36. The molecule has 0 saturated carbocycles. The second-order valence-corrected chi connectivity index (χ2v) is 10.1. The summed E-state index contributed by atoms with van der Waals surface area (Å²) in [5, 5.41) is 19.3. The Morgan fingerprint density at radius 3 is 2.97 bits per heavy atom. The number of nitrogens with one attached hydrogen (secondary N) is 1. The molecule has 1 saturated heterocycles. The predicted molar refractivity (Wildman–Crippen MR) is 135 cm³/mol. The number of rotatable bonds is 9. The molecule has 182 valence electrons. The number of thiazole rings is 1. The van der Waals surface area contributed by atoms with E-state index in [1.54, 1.807) is 36.2 Å². The normalized spacial score (nSPS) is 20.0. The van der Waals surface area contributed by atoms with Gasteiger partial charge in [0.05, 0.1) is 0 Å². The lowest BCUT2D eigenvalue weighted by Gasteiger charge is -2.49.